The highest BCUT2D eigenvalue weighted by molar-refractivity contribution is 7.09. The summed E-state index contributed by atoms with van der Waals surface area (Å²) in [6, 6.07) is 0. The number of rotatable bonds is 5. The Morgan fingerprint density at radius 3 is 2.53 bits per heavy atom. The predicted molar refractivity (Wildman–Crippen MR) is 73.7 cm³/mol. The van der Waals surface area contributed by atoms with Crippen molar-refractivity contribution in [2.24, 2.45) is 5.41 Å². The van der Waals surface area contributed by atoms with Crippen molar-refractivity contribution in [2.45, 2.75) is 58.8 Å². The summed E-state index contributed by atoms with van der Waals surface area (Å²) < 4.78 is 4.42. The molecule has 3 nitrogen and oxygen atoms in total. The lowest BCUT2D eigenvalue weighted by molar-refractivity contribution is 0.485. The van der Waals surface area contributed by atoms with E-state index in [2.05, 4.69) is 42.4 Å². The molecule has 2 rings (SSSR count). The van der Waals surface area contributed by atoms with Crippen LogP contribution in [0.25, 0.3) is 0 Å². The normalized spacial score (nSPS) is 18.1. The molecule has 4 heteroatoms. The first kappa shape index (κ1) is 12.8. The summed E-state index contributed by atoms with van der Waals surface area (Å²) in [7, 11) is 0. The minimum Gasteiger partial charge on any atom is -0.360 e. The summed E-state index contributed by atoms with van der Waals surface area (Å²) in [5.41, 5.74) is 0.624. The molecule has 0 bridgehead atoms. The van der Waals surface area contributed by atoms with Crippen LogP contribution in [0.3, 0.4) is 0 Å². The highest BCUT2D eigenvalue weighted by Gasteiger charge is 2.41. The molecule has 1 saturated carbocycles. The minimum absolute atomic E-state index is 0.0527. The number of anilines is 1. The van der Waals surface area contributed by atoms with Gasteiger partial charge in [0.15, 0.2) is 0 Å². The molecule has 0 radical (unpaired) electrons. The quantitative estimate of drug-likeness (QED) is 0.866. The topological polar surface area (TPSA) is 37.8 Å². The van der Waals surface area contributed by atoms with Crippen molar-refractivity contribution in [3.05, 3.63) is 5.82 Å². The van der Waals surface area contributed by atoms with Gasteiger partial charge in [-0.2, -0.15) is 4.37 Å². The van der Waals surface area contributed by atoms with E-state index in [-0.39, 0.29) is 5.41 Å². The van der Waals surface area contributed by atoms with Gasteiger partial charge in [-0.1, -0.05) is 34.1 Å². The lowest BCUT2D eigenvalue weighted by Crippen LogP contribution is -2.16. The van der Waals surface area contributed by atoms with Crippen LogP contribution in [-0.4, -0.2) is 15.9 Å². The Balaban J connectivity index is 1.90. The summed E-state index contributed by atoms with van der Waals surface area (Å²) in [6.07, 6.45) is 5.37. The highest BCUT2D eigenvalue weighted by atomic mass is 32.1. The van der Waals surface area contributed by atoms with Crippen LogP contribution in [-0.2, 0) is 5.41 Å². The SMILES string of the molecule is CCCC1(CNc2nc(C(C)(C)C)ns2)CC1. The van der Waals surface area contributed by atoms with Gasteiger partial charge in [-0.15, -0.1) is 0 Å². The monoisotopic (exact) mass is 253 g/mol. The molecule has 1 heterocycles. The van der Waals surface area contributed by atoms with E-state index in [9.17, 15) is 0 Å². The largest absolute Gasteiger partial charge is 0.360 e. The molecule has 0 aliphatic heterocycles. The molecule has 0 amide bonds. The van der Waals surface area contributed by atoms with Crippen LogP contribution in [0, 0.1) is 5.41 Å². The first-order valence-corrected chi connectivity index (χ1v) is 7.31. The van der Waals surface area contributed by atoms with Crippen molar-refractivity contribution in [1.29, 1.82) is 0 Å². The van der Waals surface area contributed by atoms with Gasteiger partial charge in [0, 0.05) is 23.5 Å². The maximum Gasteiger partial charge on any atom is 0.202 e. The smallest absolute Gasteiger partial charge is 0.202 e. The van der Waals surface area contributed by atoms with Gasteiger partial charge in [0.1, 0.15) is 5.82 Å². The molecule has 0 saturated heterocycles. The highest BCUT2D eigenvalue weighted by Crippen LogP contribution is 2.49. The fourth-order valence-corrected chi connectivity index (χ4v) is 2.84. The third kappa shape index (κ3) is 3.18. The summed E-state index contributed by atoms with van der Waals surface area (Å²) in [6.45, 7) is 9.79. The molecule has 0 atom stereocenters. The van der Waals surface area contributed by atoms with Crippen molar-refractivity contribution in [2.75, 3.05) is 11.9 Å². The van der Waals surface area contributed by atoms with Crippen LogP contribution < -0.4 is 5.32 Å². The molecular formula is C13H23N3S. The number of nitrogens with zero attached hydrogens (tertiary/aromatic N) is 2. The average Bonchev–Trinajstić information content (AvgIpc) is 2.82. The zero-order valence-corrected chi connectivity index (χ0v) is 12.2. The number of hydrogen-bond donors (Lipinski definition) is 1. The van der Waals surface area contributed by atoms with Gasteiger partial charge in [-0.25, -0.2) is 4.98 Å². The standard InChI is InChI=1S/C13H23N3S/c1-5-6-13(7-8-13)9-14-11-15-10(16-17-11)12(2,3)4/h5-9H2,1-4H3,(H,14,15,16). The zero-order valence-electron chi connectivity index (χ0n) is 11.3. The molecular weight excluding hydrogens is 230 g/mol. The van der Waals surface area contributed by atoms with Crippen LogP contribution in [0.4, 0.5) is 5.13 Å². The Morgan fingerprint density at radius 1 is 1.35 bits per heavy atom. The van der Waals surface area contributed by atoms with E-state index in [1.807, 2.05) is 0 Å². The third-order valence-electron chi connectivity index (χ3n) is 3.45. The first-order chi connectivity index (χ1) is 7.95. The van der Waals surface area contributed by atoms with E-state index in [0.29, 0.717) is 5.41 Å². The van der Waals surface area contributed by atoms with Gasteiger partial charge < -0.3 is 5.32 Å². The fourth-order valence-electron chi connectivity index (χ4n) is 2.09. The fraction of sp³-hybridized carbons (Fsp3) is 0.846. The predicted octanol–water partition coefficient (Wildman–Crippen LogP) is 3.83. The summed E-state index contributed by atoms with van der Waals surface area (Å²) in [4.78, 5) is 4.57. The molecule has 1 aliphatic carbocycles. The zero-order chi connectivity index (χ0) is 12.5. The van der Waals surface area contributed by atoms with Crippen molar-refractivity contribution in [3.63, 3.8) is 0 Å². The van der Waals surface area contributed by atoms with Gasteiger partial charge in [-0.05, 0) is 24.7 Å². The molecule has 0 aromatic carbocycles. The Morgan fingerprint density at radius 2 is 2.06 bits per heavy atom. The number of hydrogen-bond acceptors (Lipinski definition) is 4. The van der Waals surface area contributed by atoms with E-state index in [0.717, 1.165) is 17.5 Å². The average molecular weight is 253 g/mol. The van der Waals surface area contributed by atoms with Gasteiger partial charge in [-0.3, -0.25) is 0 Å². The Hall–Kier alpha value is -0.640. The van der Waals surface area contributed by atoms with E-state index >= 15 is 0 Å². The van der Waals surface area contributed by atoms with E-state index in [1.165, 1.54) is 37.2 Å². The Kier molecular flexibility index (Phi) is 3.43. The molecule has 0 unspecified atom stereocenters. The van der Waals surface area contributed by atoms with E-state index in [4.69, 9.17) is 0 Å². The third-order valence-corrected chi connectivity index (χ3v) is 4.12. The molecule has 0 spiro atoms. The maximum absolute atomic E-state index is 4.57. The van der Waals surface area contributed by atoms with Gasteiger partial charge in [0.25, 0.3) is 0 Å². The van der Waals surface area contributed by atoms with Crippen LogP contribution >= 0.6 is 11.5 Å². The molecule has 17 heavy (non-hydrogen) atoms. The maximum atomic E-state index is 4.57. The second kappa shape index (κ2) is 4.56. The van der Waals surface area contributed by atoms with Crippen molar-refractivity contribution >= 4 is 16.7 Å². The minimum atomic E-state index is 0.0527. The Bertz CT molecular complexity index is 374. The summed E-state index contributed by atoms with van der Waals surface area (Å²) >= 11 is 1.49. The van der Waals surface area contributed by atoms with Gasteiger partial charge in [0.2, 0.25) is 5.13 Å². The number of nitrogens with one attached hydrogen (secondary N) is 1. The summed E-state index contributed by atoms with van der Waals surface area (Å²) in [5, 5.41) is 4.45. The van der Waals surface area contributed by atoms with Crippen molar-refractivity contribution in [1.82, 2.24) is 9.36 Å². The Labute approximate surface area is 108 Å². The number of aromatic nitrogens is 2. The molecule has 1 N–H and O–H groups in total. The van der Waals surface area contributed by atoms with Crippen LogP contribution in [0.2, 0.25) is 0 Å². The van der Waals surface area contributed by atoms with Gasteiger partial charge in [0.05, 0.1) is 0 Å². The van der Waals surface area contributed by atoms with Crippen molar-refractivity contribution < 1.29 is 0 Å². The molecule has 96 valence electrons. The lowest BCUT2D eigenvalue weighted by atomic mass is 9.96. The second-order valence-corrected chi connectivity index (χ2v) is 7.03. The summed E-state index contributed by atoms with van der Waals surface area (Å²) in [5.74, 6) is 0.949. The van der Waals surface area contributed by atoms with Crippen LogP contribution in [0.1, 0.15) is 59.2 Å². The molecule has 1 fully saturated rings. The van der Waals surface area contributed by atoms with Crippen molar-refractivity contribution in [3.8, 4) is 0 Å². The van der Waals surface area contributed by atoms with E-state index < -0.39 is 0 Å². The van der Waals surface area contributed by atoms with Gasteiger partial charge >= 0.3 is 0 Å². The molecule has 1 aromatic rings. The van der Waals surface area contributed by atoms with Crippen LogP contribution in [0.5, 0.6) is 0 Å². The second-order valence-electron chi connectivity index (χ2n) is 6.28. The van der Waals surface area contributed by atoms with Crippen LogP contribution in [0.15, 0.2) is 0 Å². The lowest BCUT2D eigenvalue weighted by Gasteiger charge is -2.14. The molecule has 1 aliphatic rings. The van der Waals surface area contributed by atoms with E-state index in [1.54, 1.807) is 0 Å². The molecule has 1 aromatic heterocycles. The first-order valence-electron chi connectivity index (χ1n) is 6.53.